The molecule has 1 heterocycles. The van der Waals surface area contributed by atoms with Crippen molar-refractivity contribution in [2.75, 3.05) is 0 Å². The Balaban J connectivity index is 1.65. The van der Waals surface area contributed by atoms with E-state index in [9.17, 15) is 0 Å². The minimum absolute atomic E-state index is 0.644. The van der Waals surface area contributed by atoms with E-state index in [1.54, 1.807) is 0 Å². The zero-order valence-electron chi connectivity index (χ0n) is 7.17. The molecule has 2 nitrogen and oxygen atoms in total. The number of aromatic nitrogens is 2. The molecule has 0 amide bonds. The summed E-state index contributed by atoms with van der Waals surface area (Å²) in [6, 6.07) is 0. The molecule has 0 saturated heterocycles. The molecular weight excluding hydrogens is 160 g/mol. The molecule has 13 heavy (non-hydrogen) atoms. The van der Waals surface area contributed by atoms with Crippen molar-refractivity contribution < 1.29 is 0 Å². The Bertz CT molecular complexity index is 396. The summed E-state index contributed by atoms with van der Waals surface area (Å²) in [5, 5.41) is 0. The van der Waals surface area contributed by atoms with E-state index in [1.165, 1.54) is 23.7 Å². The van der Waals surface area contributed by atoms with Gasteiger partial charge in [0, 0.05) is 12.4 Å². The van der Waals surface area contributed by atoms with Crippen LogP contribution in [0.15, 0.2) is 18.7 Å². The van der Waals surface area contributed by atoms with Crippen molar-refractivity contribution in [2.45, 2.75) is 5.54 Å². The van der Waals surface area contributed by atoms with Crippen LogP contribution in [0.4, 0.5) is 0 Å². The van der Waals surface area contributed by atoms with Crippen LogP contribution in [0.25, 0.3) is 0 Å². The fourth-order valence-corrected chi connectivity index (χ4v) is 6.38. The maximum atomic E-state index is 4.20. The maximum absolute atomic E-state index is 4.20. The molecular formula is C11H10N2. The lowest BCUT2D eigenvalue weighted by atomic mass is 8.98. The van der Waals surface area contributed by atoms with Crippen molar-refractivity contribution in [3.63, 3.8) is 0 Å². The van der Waals surface area contributed by atoms with Crippen molar-refractivity contribution in [1.82, 2.24) is 9.55 Å². The summed E-state index contributed by atoms with van der Waals surface area (Å²) >= 11 is 0. The summed E-state index contributed by atoms with van der Waals surface area (Å²) in [4.78, 5) is 4.20. The Labute approximate surface area is 76.0 Å². The van der Waals surface area contributed by atoms with Crippen molar-refractivity contribution in [3.05, 3.63) is 18.7 Å². The minimum atomic E-state index is 0.644. The third kappa shape index (κ3) is 0.217. The van der Waals surface area contributed by atoms with E-state index in [0.717, 1.165) is 17.8 Å². The highest BCUT2D eigenvalue weighted by molar-refractivity contribution is 5.52. The average molecular weight is 170 g/mol. The number of hydrogen-bond donors (Lipinski definition) is 0. The summed E-state index contributed by atoms with van der Waals surface area (Å²) in [5.41, 5.74) is 0.644. The van der Waals surface area contributed by atoms with Crippen molar-refractivity contribution in [3.8, 4) is 0 Å². The predicted molar refractivity (Wildman–Crippen MR) is 44.6 cm³/mol. The highest BCUT2D eigenvalue weighted by atomic mass is 15.3. The Kier molecular flexibility index (Phi) is 0.422. The van der Waals surface area contributed by atoms with Crippen molar-refractivity contribution >= 4 is 0 Å². The van der Waals surface area contributed by atoms with Gasteiger partial charge in [-0.15, -0.1) is 0 Å². The Hall–Kier alpha value is -0.790. The van der Waals surface area contributed by atoms with Crippen LogP contribution >= 0.6 is 0 Å². The first kappa shape index (κ1) is 5.18. The predicted octanol–water partition coefficient (Wildman–Crippen LogP) is 0.960. The van der Waals surface area contributed by atoms with E-state index >= 15 is 0 Å². The minimum Gasteiger partial charge on any atom is -0.330 e. The SMILES string of the molecule is c1cn(C23C4C5C6C4C2C6C53)cn1. The highest BCUT2D eigenvalue weighted by Gasteiger charge is 3.05. The first-order chi connectivity index (χ1) is 6.47. The first-order valence-electron chi connectivity index (χ1n) is 5.46. The maximum Gasteiger partial charge on any atom is 0.0951 e. The second kappa shape index (κ2) is 1.06. The van der Waals surface area contributed by atoms with Gasteiger partial charge in [-0.25, -0.2) is 4.98 Å². The van der Waals surface area contributed by atoms with Crippen LogP contribution in [0, 0.1) is 41.4 Å². The molecule has 6 aliphatic rings. The molecule has 0 radical (unpaired) electrons. The van der Waals surface area contributed by atoms with Crippen molar-refractivity contribution in [1.29, 1.82) is 0 Å². The van der Waals surface area contributed by atoms with Crippen LogP contribution in [-0.2, 0) is 5.54 Å². The lowest BCUT2D eigenvalue weighted by molar-refractivity contribution is -0.601. The fourth-order valence-electron chi connectivity index (χ4n) is 6.38. The van der Waals surface area contributed by atoms with E-state index in [4.69, 9.17) is 0 Å². The van der Waals surface area contributed by atoms with E-state index in [-0.39, 0.29) is 0 Å². The van der Waals surface area contributed by atoms with Crippen molar-refractivity contribution in [2.24, 2.45) is 41.4 Å². The van der Waals surface area contributed by atoms with Gasteiger partial charge in [0.25, 0.3) is 0 Å². The second-order valence-corrected chi connectivity index (χ2v) is 5.74. The summed E-state index contributed by atoms with van der Waals surface area (Å²) in [6.45, 7) is 0. The van der Waals surface area contributed by atoms with Gasteiger partial charge in [0.05, 0.1) is 11.9 Å². The lowest BCUT2D eigenvalue weighted by Gasteiger charge is -3.07. The van der Waals surface area contributed by atoms with Crippen LogP contribution in [-0.4, -0.2) is 9.55 Å². The summed E-state index contributed by atoms with van der Waals surface area (Å²) in [5.74, 6) is 8.09. The lowest BCUT2D eigenvalue weighted by Crippen LogP contribution is -3.08. The summed E-state index contributed by atoms with van der Waals surface area (Å²) < 4.78 is 2.45. The molecule has 0 bridgehead atoms. The molecule has 2 heteroatoms. The Morgan fingerprint density at radius 3 is 2.23 bits per heavy atom. The van der Waals surface area contributed by atoms with Gasteiger partial charge < -0.3 is 4.57 Å². The molecule has 6 fully saturated rings. The van der Waals surface area contributed by atoms with Gasteiger partial charge in [0.2, 0.25) is 0 Å². The van der Waals surface area contributed by atoms with E-state index in [1.807, 2.05) is 6.20 Å². The number of rotatable bonds is 1. The Morgan fingerprint density at radius 1 is 1.00 bits per heavy atom. The van der Waals surface area contributed by atoms with Gasteiger partial charge >= 0.3 is 0 Å². The molecule has 0 unspecified atom stereocenters. The quantitative estimate of drug-likeness (QED) is 0.614. The third-order valence-corrected chi connectivity index (χ3v) is 6.37. The fraction of sp³-hybridized carbons (Fsp3) is 0.727. The number of nitrogens with zero attached hydrogens (tertiary/aromatic N) is 2. The van der Waals surface area contributed by atoms with E-state index in [2.05, 4.69) is 22.1 Å². The monoisotopic (exact) mass is 170 g/mol. The smallest absolute Gasteiger partial charge is 0.0951 e. The molecule has 0 spiro atoms. The van der Waals surface area contributed by atoms with Gasteiger partial charge in [-0.1, -0.05) is 0 Å². The topological polar surface area (TPSA) is 17.8 Å². The second-order valence-electron chi connectivity index (χ2n) is 5.74. The number of hydrogen-bond acceptors (Lipinski definition) is 1. The van der Waals surface area contributed by atoms with Crippen LogP contribution < -0.4 is 0 Å². The van der Waals surface area contributed by atoms with Crippen LogP contribution in [0.3, 0.4) is 0 Å². The van der Waals surface area contributed by atoms with E-state index < -0.39 is 0 Å². The first-order valence-corrected chi connectivity index (χ1v) is 5.46. The highest BCUT2D eigenvalue weighted by Crippen LogP contribution is 3.04. The standard InChI is InChI=1S/C11H10N2/c1-2-13(3-12-1)11-8-5-4-6(8)10(11)7(4)9(5)11/h1-10H. The van der Waals surface area contributed by atoms with Gasteiger partial charge in [-0.3, -0.25) is 0 Å². The molecule has 7 rings (SSSR count). The molecule has 6 aliphatic carbocycles. The molecule has 6 saturated carbocycles. The van der Waals surface area contributed by atoms with Crippen LogP contribution in [0.2, 0.25) is 0 Å². The molecule has 0 aromatic carbocycles. The van der Waals surface area contributed by atoms with Gasteiger partial charge in [0.15, 0.2) is 0 Å². The largest absolute Gasteiger partial charge is 0.330 e. The summed E-state index contributed by atoms with van der Waals surface area (Å²) in [7, 11) is 0. The van der Waals surface area contributed by atoms with Crippen LogP contribution in [0.1, 0.15) is 0 Å². The van der Waals surface area contributed by atoms with Gasteiger partial charge in [-0.05, 0) is 41.4 Å². The van der Waals surface area contributed by atoms with Gasteiger partial charge in [0.1, 0.15) is 0 Å². The average Bonchev–Trinajstić information content (AvgIpc) is 2.71. The molecule has 0 N–H and O–H groups in total. The number of imidazole rings is 1. The third-order valence-electron chi connectivity index (χ3n) is 6.37. The molecule has 64 valence electrons. The van der Waals surface area contributed by atoms with Gasteiger partial charge in [-0.2, -0.15) is 0 Å². The zero-order chi connectivity index (χ0) is 7.95. The van der Waals surface area contributed by atoms with E-state index in [0.29, 0.717) is 5.54 Å². The molecule has 0 atom stereocenters. The Morgan fingerprint density at radius 2 is 1.69 bits per heavy atom. The molecule has 1 aromatic rings. The molecule has 1 aromatic heterocycles. The molecule has 0 aliphatic heterocycles. The normalized spacial score (nSPS) is 76.8. The zero-order valence-corrected chi connectivity index (χ0v) is 7.17. The summed E-state index contributed by atoms with van der Waals surface area (Å²) in [6.07, 6.45) is 6.20. The van der Waals surface area contributed by atoms with Crippen LogP contribution in [0.5, 0.6) is 0 Å².